The average molecular weight is 452 g/mol. The molecule has 0 spiro atoms. The normalized spacial score (nSPS) is 15.9. The smallest absolute Gasteiger partial charge is 0.487 e. The number of rotatable bonds is 4. The summed E-state index contributed by atoms with van der Waals surface area (Å²) in [7, 11) is 0. The topological polar surface area (TPSA) is 38.8 Å². The minimum atomic E-state index is -5.06. The van der Waals surface area contributed by atoms with E-state index in [0.717, 1.165) is 5.06 Å². The minimum absolute atomic E-state index is 0.0231. The van der Waals surface area contributed by atoms with Gasteiger partial charge >= 0.3 is 12.1 Å². The van der Waals surface area contributed by atoms with E-state index < -0.39 is 24.1 Å². The van der Waals surface area contributed by atoms with Crippen molar-refractivity contribution < 1.29 is 31.9 Å². The van der Waals surface area contributed by atoms with Crippen LogP contribution in [-0.2, 0) is 9.63 Å². The Morgan fingerprint density at radius 2 is 1.66 bits per heavy atom. The van der Waals surface area contributed by atoms with Crippen LogP contribution < -0.4 is 4.74 Å². The third kappa shape index (κ3) is 5.32. The van der Waals surface area contributed by atoms with E-state index in [9.17, 15) is 18.0 Å². The van der Waals surface area contributed by atoms with Crippen molar-refractivity contribution in [1.82, 2.24) is 5.06 Å². The van der Waals surface area contributed by atoms with Crippen molar-refractivity contribution in [3.63, 3.8) is 0 Å². The van der Waals surface area contributed by atoms with E-state index in [-0.39, 0.29) is 42.3 Å². The number of benzene rings is 2. The van der Waals surface area contributed by atoms with Gasteiger partial charge in [0.1, 0.15) is 6.10 Å². The summed E-state index contributed by atoms with van der Waals surface area (Å²) in [5.74, 6) is -2.94. The van der Waals surface area contributed by atoms with Gasteiger partial charge in [-0.2, -0.15) is 13.2 Å². The fraction of sp³-hybridized carbons (Fsp3) is 0.316. The Morgan fingerprint density at radius 3 is 2.24 bits per heavy atom. The Kier molecular flexibility index (Phi) is 6.55. The number of carbonyl (C=O) groups is 1. The number of carbonyl (C=O) groups excluding carboxylic acids is 1. The van der Waals surface area contributed by atoms with Crippen molar-refractivity contribution >= 4 is 29.2 Å². The lowest BCUT2D eigenvalue weighted by Crippen LogP contribution is -2.42. The van der Waals surface area contributed by atoms with Crippen molar-refractivity contribution in [1.29, 1.82) is 0 Å². The zero-order chi connectivity index (χ0) is 21.2. The number of alkyl halides is 3. The molecule has 1 saturated heterocycles. The standard InChI is InChI=1S/C19H15Cl2F4NO3/c20-12-3-1-11(2-4-12)16-14(21)5-6-15(17(16)22)28-13-7-9-26(10-8-13)29-18(27)19(23,24)25/h1-6,13H,7-10H2. The molecule has 1 aliphatic rings. The van der Waals surface area contributed by atoms with E-state index in [4.69, 9.17) is 27.9 Å². The van der Waals surface area contributed by atoms with Crippen LogP contribution in [0.15, 0.2) is 36.4 Å². The first-order chi connectivity index (χ1) is 13.6. The maximum atomic E-state index is 15.0. The molecule has 1 heterocycles. The average Bonchev–Trinajstić information content (AvgIpc) is 2.66. The molecule has 0 radical (unpaired) electrons. The second-order valence-corrected chi connectivity index (χ2v) is 7.21. The first kappa shape index (κ1) is 21.7. The van der Waals surface area contributed by atoms with E-state index in [1.54, 1.807) is 24.3 Å². The van der Waals surface area contributed by atoms with Gasteiger partial charge in [0.25, 0.3) is 0 Å². The quantitative estimate of drug-likeness (QED) is 0.561. The van der Waals surface area contributed by atoms with Crippen LogP contribution in [0.25, 0.3) is 11.1 Å². The van der Waals surface area contributed by atoms with Crippen molar-refractivity contribution in [3.8, 4) is 16.9 Å². The van der Waals surface area contributed by atoms with Crippen LogP contribution in [0.1, 0.15) is 12.8 Å². The number of hydroxylamine groups is 2. The zero-order valence-electron chi connectivity index (χ0n) is 14.8. The summed E-state index contributed by atoms with van der Waals surface area (Å²) in [6.45, 7) is 0.0669. The van der Waals surface area contributed by atoms with Gasteiger partial charge in [0.15, 0.2) is 11.6 Å². The van der Waals surface area contributed by atoms with Gasteiger partial charge in [-0.25, -0.2) is 9.18 Å². The van der Waals surface area contributed by atoms with Crippen LogP contribution in [0.3, 0.4) is 0 Å². The molecule has 0 amide bonds. The number of hydrogen-bond donors (Lipinski definition) is 0. The first-order valence-electron chi connectivity index (χ1n) is 8.60. The van der Waals surface area contributed by atoms with Crippen molar-refractivity contribution in [2.75, 3.05) is 13.1 Å². The third-order valence-corrected chi connectivity index (χ3v) is 4.89. The van der Waals surface area contributed by atoms with Crippen molar-refractivity contribution in [2.45, 2.75) is 25.1 Å². The summed E-state index contributed by atoms with van der Waals surface area (Å²) in [6, 6.07) is 9.38. The van der Waals surface area contributed by atoms with Gasteiger partial charge in [-0.1, -0.05) is 35.3 Å². The molecule has 0 N–H and O–H groups in total. The monoisotopic (exact) mass is 451 g/mol. The highest BCUT2D eigenvalue weighted by atomic mass is 35.5. The molecule has 0 atom stereocenters. The van der Waals surface area contributed by atoms with Crippen molar-refractivity contribution in [3.05, 3.63) is 52.3 Å². The Morgan fingerprint density at radius 1 is 1.03 bits per heavy atom. The Hall–Kier alpha value is -2.03. The predicted octanol–water partition coefficient (Wildman–Crippen LogP) is 5.66. The fourth-order valence-electron chi connectivity index (χ4n) is 2.90. The van der Waals surface area contributed by atoms with Crippen LogP contribution in [-0.4, -0.2) is 36.4 Å². The van der Waals surface area contributed by atoms with Gasteiger partial charge in [0.05, 0.1) is 5.02 Å². The van der Waals surface area contributed by atoms with Crippen LogP contribution in [0.4, 0.5) is 17.6 Å². The second-order valence-electron chi connectivity index (χ2n) is 6.36. The highest BCUT2D eigenvalue weighted by Crippen LogP contribution is 2.37. The van der Waals surface area contributed by atoms with Gasteiger partial charge in [0.2, 0.25) is 0 Å². The second kappa shape index (κ2) is 8.77. The van der Waals surface area contributed by atoms with Crippen LogP contribution >= 0.6 is 23.2 Å². The molecule has 0 bridgehead atoms. The molecule has 0 unspecified atom stereocenters. The Balaban J connectivity index is 1.67. The first-order valence-corrected chi connectivity index (χ1v) is 9.35. The van der Waals surface area contributed by atoms with Crippen LogP contribution in [0.5, 0.6) is 5.75 Å². The molecule has 4 nitrogen and oxygen atoms in total. The molecule has 3 rings (SSSR count). The predicted molar refractivity (Wildman–Crippen MR) is 99.2 cm³/mol. The molecule has 156 valence electrons. The van der Waals surface area contributed by atoms with Crippen LogP contribution in [0, 0.1) is 5.82 Å². The summed E-state index contributed by atoms with van der Waals surface area (Å²) in [6.07, 6.45) is -5.00. The number of hydrogen-bond acceptors (Lipinski definition) is 4. The molecule has 0 aromatic heterocycles. The van der Waals surface area contributed by atoms with Crippen LogP contribution in [0.2, 0.25) is 10.0 Å². The van der Waals surface area contributed by atoms with E-state index in [1.807, 2.05) is 0 Å². The van der Waals surface area contributed by atoms with Crippen molar-refractivity contribution in [2.24, 2.45) is 0 Å². The van der Waals surface area contributed by atoms with E-state index >= 15 is 4.39 Å². The largest absolute Gasteiger partial charge is 0.492 e. The van der Waals surface area contributed by atoms with E-state index in [2.05, 4.69) is 4.84 Å². The maximum absolute atomic E-state index is 15.0. The molecular formula is C19H15Cl2F4NO3. The molecule has 0 aliphatic carbocycles. The number of nitrogens with zero attached hydrogens (tertiary/aromatic N) is 1. The SMILES string of the molecule is O=C(ON1CCC(Oc2ccc(Cl)c(-c3ccc(Cl)cc3)c2F)CC1)C(F)(F)F. The van der Waals surface area contributed by atoms with Gasteiger partial charge in [-0.15, -0.1) is 5.06 Å². The molecule has 1 aliphatic heterocycles. The molecule has 0 saturated carbocycles. The lowest BCUT2D eigenvalue weighted by Gasteiger charge is -2.31. The van der Waals surface area contributed by atoms with E-state index in [1.165, 1.54) is 12.1 Å². The van der Waals surface area contributed by atoms with E-state index in [0.29, 0.717) is 10.6 Å². The lowest BCUT2D eigenvalue weighted by molar-refractivity contribution is -0.243. The van der Waals surface area contributed by atoms with Gasteiger partial charge in [0, 0.05) is 36.5 Å². The molecule has 1 fully saturated rings. The number of halogens is 6. The zero-order valence-corrected chi connectivity index (χ0v) is 16.3. The van der Waals surface area contributed by atoms with Gasteiger partial charge in [-0.3, -0.25) is 0 Å². The summed E-state index contributed by atoms with van der Waals surface area (Å²) >= 11 is 12.0. The highest BCUT2D eigenvalue weighted by Gasteiger charge is 2.43. The summed E-state index contributed by atoms with van der Waals surface area (Å²) in [5.41, 5.74) is 0.689. The van der Waals surface area contributed by atoms with Gasteiger partial charge < -0.3 is 9.57 Å². The molecule has 2 aromatic rings. The molecule has 2 aromatic carbocycles. The lowest BCUT2D eigenvalue weighted by atomic mass is 10.0. The third-order valence-electron chi connectivity index (χ3n) is 4.33. The highest BCUT2D eigenvalue weighted by molar-refractivity contribution is 6.33. The summed E-state index contributed by atoms with van der Waals surface area (Å²) in [5, 5.41) is 1.62. The summed E-state index contributed by atoms with van der Waals surface area (Å²) < 4.78 is 57.5. The Bertz CT molecular complexity index is 882. The Labute approximate surface area is 173 Å². The summed E-state index contributed by atoms with van der Waals surface area (Å²) in [4.78, 5) is 15.2. The maximum Gasteiger partial charge on any atom is 0.492 e. The number of ether oxygens (including phenoxy) is 1. The molecule has 29 heavy (non-hydrogen) atoms. The van der Waals surface area contributed by atoms with Gasteiger partial charge in [-0.05, 0) is 29.8 Å². The minimum Gasteiger partial charge on any atom is -0.487 e. The fourth-order valence-corrected chi connectivity index (χ4v) is 3.28. The number of piperidine rings is 1. The molecular weight excluding hydrogens is 437 g/mol. The molecule has 10 heteroatoms.